The van der Waals surface area contributed by atoms with Crippen LogP contribution in [0.1, 0.15) is 22.5 Å². The zero-order valence-electron chi connectivity index (χ0n) is 18.3. The SMILES string of the molecule is CNC(=O)c1cc2c(NCCN3CCC(F)C3)cc(C(F)(F)F)nc2n2c1nc1ccccc12. The fourth-order valence-corrected chi connectivity index (χ4v) is 4.41. The number of hydrogen-bond donors (Lipinski definition) is 2. The van der Waals surface area contributed by atoms with E-state index in [9.17, 15) is 22.4 Å². The topological polar surface area (TPSA) is 74.6 Å². The number of halogens is 4. The molecular weight excluding hydrogens is 452 g/mol. The van der Waals surface area contributed by atoms with E-state index in [-0.39, 0.29) is 22.5 Å². The molecule has 2 N–H and O–H groups in total. The molecular formula is C23H22F4N6O. The van der Waals surface area contributed by atoms with E-state index in [0.29, 0.717) is 49.0 Å². The molecule has 0 bridgehead atoms. The first-order chi connectivity index (χ1) is 16.3. The second-order valence-electron chi connectivity index (χ2n) is 8.30. The Morgan fingerprint density at radius 3 is 2.68 bits per heavy atom. The molecule has 1 saturated heterocycles. The number of aromatic nitrogens is 3. The molecule has 34 heavy (non-hydrogen) atoms. The summed E-state index contributed by atoms with van der Waals surface area (Å²) in [5.74, 6) is -0.417. The fourth-order valence-electron chi connectivity index (χ4n) is 4.41. The van der Waals surface area contributed by atoms with E-state index < -0.39 is 23.9 Å². The number of nitrogens with one attached hydrogen (secondary N) is 2. The maximum Gasteiger partial charge on any atom is 0.433 e. The number of nitrogens with zero attached hydrogens (tertiary/aromatic N) is 4. The third-order valence-corrected chi connectivity index (χ3v) is 6.06. The average molecular weight is 474 g/mol. The number of benzene rings is 1. The van der Waals surface area contributed by atoms with Gasteiger partial charge in [0.05, 0.1) is 16.6 Å². The van der Waals surface area contributed by atoms with Crippen LogP contribution < -0.4 is 10.6 Å². The van der Waals surface area contributed by atoms with Gasteiger partial charge in [0.2, 0.25) is 0 Å². The minimum Gasteiger partial charge on any atom is -0.383 e. The lowest BCUT2D eigenvalue weighted by molar-refractivity contribution is -0.140. The van der Waals surface area contributed by atoms with Crippen LogP contribution in [-0.2, 0) is 6.18 Å². The number of alkyl halides is 4. The Kier molecular flexibility index (Phi) is 5.51. The summed E-state index contributed by atoms with van der Waals surface area (Å²) in [4.78, 5) is 23.0. The molecule has 1 aliphatic heterocycles. The molecule has 0 radical (unpaired) electrons. The molecule has 1 atom stereocenters. The van der Waals surface area contributed by atoms with Gasteiger partial charge in [-0.15, -0.1) is 0 Å². The molecule has 3 aromatic heterocycles. The first-order valence-corrected chi connectivity index (χ1v) is 10.9. The summed E-state index contributed by atoms with van der Waals surface area (Å²) in [5.41, 5.74) is 0.685. The van der Waals surface area contributed by atoms with Crippen molar-refractivity contribution in [3.63, 3.8) is 0 Å². The Bertz CT molecular complexity index is 1400. The van der Waals surface area contributed by atoms with Crippen molar-refractivity contribution in [2.24, 2.45) is 0 Å². The van der Waals surface area contributed by atoms with Gasteiger partial charge < -0.3 is 10.6 Å². The molecule has 0 saturated carbocycles. The van der Waals surface area contributed by atoms with Gasteiger partial charge in [-0.3, -0.25) is 14.1 Å². The zero-order valence-corrected chi connectivity index (χ0v) is 18.3. The average Bonchev–Trinajstić information content (AvgIpc) is 3.40. The van der Waals surface area contributed by atoms with Crippen LogP contribution in [0.3, 0.4) is 0 Å². The first kappa shape index (κ1) is 22.3. The Morgan fingerprint density at radius 2 is 1.97 bits per heavy atom. The number of rotatable bonds is 5. The lowest BCUT2D eigenvalue weighted by Crippen LogP contribution is -2.27. The number of imidazole rings is 1. The number of anilines is 1. The van der Waals surface area contributed by atoms with E-state index in [2.05, 4.69) is 20.6 Å². The van der Waals surface area contributed by atoms with Crippen molar-refractivity contribution < 1.29 is 22.4 Å². The van der Waals surface area contributed by atoms with E-state index in [4.69, 9.17) is 0 Å². The van der Waals surface area contributed by atoms with Gasteiger partial charge in [-0.2, -0.15) is 13.2 Å². The molecule has 4 heterocycles. The predicted octanol–water partition coefficient (Wildman–Crippen LogP) is 3.87. The molecule has 0 spiro atoms. The molecule has 0 aliphatic carbocycles. The standard InChI is InChI=1S/C23H22F4N6O/c1-28-22(34)15-10-14-17(29-7-9-32-8-6-13(24)12-32)11-19(23(25,26)27)31-20(14)33-18-5-3-2-4-16(18)30-21(15)33/h2-5,10-11,13H,6-9,12H2,1H3,(H,28,34)(H,29,31). The van der Waals surface area contributed by atoms with Crippen LogP contribution in [0.25, 0.3) is 27.7 Å². The van der Waals surface area contributed by atoms with Crippen LogP contribution in [0.4, 0.5) is 23.2 Å². The molecule has 1 fully saturated rings. The Labute approximate surface area is 191 Å². The van der Waals surface area contributed by atoms with Gasteiger partial charge in [-0.05, 0) is 30.7 Å². The Morgan fingerprint density at radius 1 is 1.18 bits per heavy atom. The van der Waals surface area contributed by atoms with Gasteiger partial charge in [-0.1, -0.05) is 12.1 Å². The van der Waals surface area contributed by atoms with Crippen LogP contribution in [0.15, 0.2) is 36.4 Å². The normalized spacial score (nSPS) is 17.1. The molecule has 1 unspecified atom stereocenters. The number of para-hydroxylation sites is 2. The first-order valence-electron chi connectivity index (χ1n) is 10.9. The van der Waals surface area contributed by atoms with Gasteiger partial charge in [-0.25, -0.2) is 14.4 Å². The van der Waals surface area contributed by atoms with E-state index in [1.54, 1.807) is 24.3 Å². The molecule has 7 nitrogen and oxygen atoms in total. The summed E-state index contributed by atoms with van der Waals surface area (Å²) in [5, 5.41) is 5.98. The number of carbonyl (C=O) groups excluding carboxylic acids is 1. The Hall–Kier alpha value is -3.47. The third kappa shape index (κ3) is 3.89. The molecule has 11 heteroatoms. The van der Waals surface area contributed by atoms with Gasteiger partial charge in [0.15, 0.2) is 5.65 Å². The van der Waals surface area contributed by atoms with Crippen molar-refractivity contribution in [2.75, 3.05) is 38.5 Å². The van der Waals surface area contributed by atoms with Gasteiger partial charge in [0.1, 0.15) is 17.5 Å². The van der Waals surface area contributed by atoms with E-state index >= 15 is 0 Å². The maximum atomic E-state index is 13.8. The van der Waals surface area contributed by atoms with Crippen LogP contribution >= 0.6 is 0 Å². The van der Waals surface area contributed by atoms with Gasteiger partial charge in [0.25, 0.3) is 5.91 Å². The van der Waals surface area contributed by atoms with Crippen molar-refractivity contribution >= 4 is 39.3 Å². The van der Waals surface area contributed by atoms with Crippen LogP contribution in [-0.4, -0.2) is 64.6 Å². The molecule has 1 amide bonds. The minimum atomic E-state index is -4.68. The van der Waals surface area contributed by atoms with E-state index in [1.165, 1.54) is 17.5 Å². The summed E-state index contributed by atoms with van der Waals surface area (Å²) >= 11 is 0. The van der Waals surface area contributed by atoms with Crippen molar-refractivity contribution in [2.45, 2.75) is 18.8 Å². The number of likely N-dealkylation sites (tertiary alicyclic amines) is 1. The van der Waals surface area contributed by atoms with Gasteiger partial charge >= 0.3 is 6.18 Å². The number of carbonyl (C=O) groups is 1. The number of amides is 1. The van der Waals surface area contributed by atoms with Crippen molar-refractivity contribution in [3.8, 4) is 0 Å². The van der Waals surface area contributed by atoms with Crippen LogP contribution in [0, 0.1) is 0 Å². The van der Waals surface area contributed by atoms with Crippen molar-refractivity contribution in [1.82, 2.24) is 24.6 Å². The third-order valence-electron chi connectivity index (χ3n) is 6.06. The minimum absolute atomic E-state index is 0.0404. The summed E-state index contributed by atoms with van der Waals surface area (Å²) in [6.45, 7) is 1.70. The lowest BCUT2D eigenvalue weighted by atomic mass is 10.1. The van der Waals surface area contributed by atoms with Crippen LogP contribution in [0.2, 0.25) is 0 Å². The quantitative estimate of drug-likeness (QED) is 0.430. The highest BCUT2D eigenvalue weighted by Gasteiger charge is 2.34. The number of fused-ring (bicyclic) bond motifs is 5. The second kappa shape index (κ2) is 8.39. The second-order valence-corrected chi connectivity index (χ2v) is 8.30. The summed E-state index contributed by atoms with van der Waals surface area (Å²) in [7, 11) is 1.48. The molecule has 178 valence electrons. The summed E-state index contributed by atoms with van der Waals surface area (Å²) in [6, 6.07) is 9.41. The van der Waals surface area contributed by atoms with Gasteiger partial charge in [0, 0.05) is 44.3 Å². The summed E-state index contributed by atoms with van der Waals surface area (Å²) < 4.78 is 56.3. The zero-order chi connectivity index (χ0) is 24.0. The lowest BCUT2D eigenvalue weighted by Gasteiger charge is -2.18. The molecule has 5 rings (SSSR count). The molecule has 1 aromatic carbocycles. The van der Waals surface area contributed by atoms with Crippen molar-refractivity contribution in [1.29, 1.82) is 0 Å². The predicted molar refractivity (Wildman–Crippen MR) is 121 cm³/mol. The van der Waals surface area contributed by atoms with Crippen molar-refractivity contribution in [3.05, 3.63) is 47.7 Å². The summed E-state index contributed by atoms with van der Waals surface area (Å²) in [6.07, 6.45) is -5.10. The van der Waals surface area contributed by atoms with E-state index in [0.717, 1.165) is 6.07 Å². The number of hydrogen-bond acceptors (Lipinski definition) is 5. The van der Waals surface area contributed by atoms with E-state index in [1.807, 2.05) is 4.90 Å². The molecule has 4 aromatic rings. The highest BCUT2D eigenvalue weighted by Crippen LogP contribution is 2.35. The fraction of sp³-hybridized carbons (Fsp3) is 0.348. The Balaban J connectivity index is 1.71. The maximum absolute atomic E-state index is 13.8. The smallest absolute Gasteiger partial charge is 0.383 e. The van der Waals surface area contributed by atoms with Crippen LogP contribution in [0.5, 0.6) is 0 Å². The molecule has 1 aliphatic rings. The highest BCUT2D eigenvalue weighted by atomic mass is 19.4. The largest absolute Gasteiger partial charge is 0.433 e. The number of pyridine rings is 2. The highest BCUT2D eigenvalue weighted by molar-refractivity contribution is 6.07. The monoisotopic (exact) mass is 474 g/mol.